The van der Waals surface area contributed by atoms with Gasteiger partial charge in [-0.1, -0.05) is 25.4 Å². The molecule has 1 aromatic carbocycles. The first-order valence-electron chi connectivity index (χ1n) is 10.9. The van der Waals surface area contributed by atoms with E-state index in [0.717, 1.165) is 22.2 Å². The molecule has 5 rings (SSSR count). The van der Waals surface area contributed by atoms with E-state index in [1.807, 2.05) is 0 Å². The second kappa shape index (κ2) is 6.70. The smallest absolute Gasteiger partial charge is 0.306 e. The van der Waals surface area contributed by atoms with Crippen LogP contribution in [0.3, 0.4) is 0 Å². The highest BCUT2D eigenvalue weighted by molar-refractivity contribution is 7.90. The summed E-state index contributed by atoms with van der Waals surface area (Å²) in [6, 6.07) is 5.61. The van der Waals surface area contributed by atoms with Gasteiger partial charge in [-0.05, 0) is 61.8 Å². The SMILES string of the molecule is CC1(C)[C@@H]2CC[C@]13CS(=O)(=O)N(C(=O)[C@@]1(C)CC=NN1C(=O)Nc1ccc(Cl)cc1)[C@@H]3C2. The van der Waals surface area contributed by atoms with Gasteiger partial charge in [0, 0.05) is 28.8 Å². The molecular weight excluding hydrogens is 452 g/mol. The number of carbonyl (C=O) groups excluding carboxylic acids is 2. The average Bonchev–Trinajstić information content (AvgIpc) is 3.36. The van der Waals surface area contributed by atoms with Crippen molar-refractivity contribution in [1.29, 1.82) is 0 Å². The molecule has 1 spiro atoms. The second-order valence-corrected chi connectivity index (χ2v) is 12.5. The van der Waals surface area contributed by atoms with Crippen molar-refractivity contribution in [3.8, 4) is 0 Å². The van der Waals surface area contributed by atoms with Gasteiger partial charge in [0.05, 0.1) is 11.8 Å². The minimum Gasteiger partial charge on any atom is -0.306 e. The van der Waals surface area contributed by atoms with E-state index >= 15 is 0 Å². The number of hydrogen-bond donors (Lipinski definition) is 1. The Kier molecular flexibility index (Phi) is 4.54. The minimum absolute atomic E-state index is 0.00614. The van der Waals surface area contributed by atoms with E-state index in [0.29, 0.717) is 23.0 Å². The standard InChI is InChI=1S/C22H27ClN4O4S/c1-20(2)14-8-9-22(20)13-32(30,31)26(17(22)12-14)18(28)21(3)10-11-24-27(21)19(29)25-16-6-4-15(23)5-7-16/h4-7,11,14,17H,8-10,12-13H2,1-3H3,(H,25,29)/t14-,17-,21-,22-/m1/s1. The molecule has 1 aromatic rings. The Hall–Kier alpha value is -2.13. The van der Waals surface area contributed by atoms with Crippen molar-refractivity contribution in [1.82, 2.24) is 9.31 Å². The molecular formula is C22H27ClN4O4S. The van der Waals surface area contributed by atoms with Crippen LogP contribution in [0.25, 0.3) is 0 Å². The molecule has 4 aliphatic rings. The summed E-state index contributed by atoms with van der Waals surface area (Å²) in [6.07, 6.45) is 4.14. The van der Waals surface area contributed by atoms with E-state index in [1.165, 1.54) is 6.21 Å². The van der Waals surface area contributed by atoms with Crippen molar-refractivity contribution in [3.05, 3.63) is 29.3 Å². The fraction of sp³-hybridized carbons (Fsp3) is 0.591. The van der Waals surface area contributed by atoms with Crippen LogP contribution in [-0.4, -0.2) is 53.2 Å². The lowest BCUT2D eigenvalue weighted by Crippen LogP contribution is -2.59. The molecule has 2 heterocycles. The molecule has 172 valence electrons. The summed E-state index contributed by atoms with van der Waals surface area (Å²) in [6.45, 7) is 5.86. The fourth-order valence-corrected chi connectivity index (χ4v) is 9.22. The van der Waals surface area contributed by atoms with Crippen molar-refractivity contribution < 1.29 is 18.0 Å². The predicted molar refractivity (Wildman–Crippen MR) is 122 cm³/mol. The van der Waals surface area contributed by atoms with Gasteiger partial charge in [-0.15, -0.1) is 0 Å². The number of sulfonamides is 1. The Bertz CT molecular complexity index is 1140. The Morgan fingerprint density at radius 3 is 2.53 bits per heavy atom. The molecule has 3 fully saturated rings. The normalized spacial score (nSPS) is 35.9. The number of amides is 3. The summed E-state index contributed by atoms with van der Waals surface area (Å²) in [7, 11) is -3.79. The molecule has 32 heavy (non-hydrogen) atoms. The first-order valence-corrected chi connectivity index (χ1v) is 12.9. The molecule has 2 aliphatic carbocycles. The van der Waals surface area contributed by atoms with Crippen LogP contribution < -0.4 is 5.32 Å². The Labute approximate surface area is 193 Å². The highest BCUT2D eigenvalue weighted by Crippen LogP contribution is 2.70. The molecule has 8 nitrogen and oxygen atoms in total. The lowest BCUT2D eigenvalue weighted by Gasteiger charge is -2.39. The number of nitrogens with one attached hydrogen (secondary N) is 1. The molecule has 10 heteroatoms. The maximum atomic E-state index is 13.9. The monoisotopic (exact) mass is 478 g/mol. The van der Waals surface area contributed by atoms with E-state index in [2.05, 4.69) is 24.3 Å². The second-order valence-electron chi connectivity index (χ2n) is 10.2. The van der Waals surface area contributed by atoms with E-state index in [4.69, 9.17) is 11.6 Å². The van der Waals surface area contributed by atoms with Crippen LogP contribution in [0.5, 0.6) is 0 Å². The molecule has 1 saturated heterocycles. The van der Waals surface area contributed by atoms with Crippen LogP contribution in [-0.2, 0) is 14.8 Å². The van der Waals surface area contributed by atoms with Crippen LogP contribution in [0, 0.1) is 16.7 Å². The number of fused-ring (bicyclic) bond motifs is 1. The van der Waals surface area contributed by atoms with Gasteiger partial charge in [0.1, 0.15) is 5.54 Å². The molecule has 4 atom stereocenters. The van der Waals surface area contributed by atoms with E-state index < -0.39 is 32.9 Å². The van der Waals surface area contributed by atoms with Crippen LogP contribution in [0.15, 0.2) is 29.4 Å². The number of rotatable bonds is 2. The number of urea groups is 1. The summed E-state index contributed by atoms with van der Waals surface area (Å²) in [5.41, 5.74) is -1.48. The minimum atomic E-state index is -3.79. The zero-order valence-corrected chi connectivity index (χ0v) is 19.9. The summed E-state index contributed by atoms with van der Waals surface area (Å²) in [5.74, 6) is -0.185. The summed E-state index contributed by atoms with van der Waals surface area (Å²) >= 11 is 5.90. The molecule has 2 aliphatic heterocycles. The zero-order valence-electron chi connectivity index (χ0n) is 18.3. The third kappa shape index (κ3) is 2.73. The Morgan fingerprint density at radius 2 is 1.88 bits per heavy atom. The van der Waals surface area contributed by atoms with Crippen molar-refractivity contribution in [2.45, 2.75) is 58.0 Å². The highest BCUT2D eigenvalue weighted by atomic mass is 35.5. The quantitative estimate of drug-likeness (QED) is 0.700. The summed E-state index contributed by atoms with van der Waals surface area (Å²) < 4.78 is 27.8. The highest BCUT2D eigenvalue weighted by Gasteiger charge is 2.73. The number of carbonyl (C=O) groups is 2. The predicted octanol–water partition coefficient (Wildman–Crippen LogP) is 3.69. The largest absolute Gasteiger partial charge is 0.343 e. The van der Waals surface area contributed by atoms with Gasteiger partial charge in [-0.3, -0.25) is 4.79 Å². The van der Waals surface area contributed by atoms with Crippen molar-refractivity contribution in [2.24, 2.45) is 21.8 Å². The molecule has 1 N–H and O–H groups in total. The number of hydrogen-bond acceptors (Lipinski definition) is 5. The number of anilines is 1. The molecule has 2 saturated carbocycles. The molecule has 3 amide bonds. The Morgan fingerprint density at radius 1 is 1.19 bits per heavy atom. The van der Waals surface area contributed by atoms with E-state index in [1.54, 1.807) is 31.2 Å². The summed E-state index contributed by atoms with van der Waals surface area (Å²) in [5, 5.41) is 8.45. The molecule has 0 radical (unpaired) electrons. The molecule has 0 unspecified atom stereocenters. The summed E-state index contributed by atoms with van der Waals surface area (Å²) in [4.78, 5) is 26.9. The van der Waals surface area contributed by atoms with Gasteiger partial charge in [-0.25, -0.2) is 17.5 Å². The molecule has 0 aromatic heterocycles. The van der Waals surface area contributed by atoms with Crippen molar-refractivity contribution >= 4 is 45.5 Å². The van der Waals surface area contributed by atoms with Crippen LogP contribution >= 0.6 is 11.6 Å². The maximum absolute atomic E-state index is 13.9. The van der Waals surface area contributed by atoms with Gasteiger partial charge in [0.25, 0.3) is 5.91 Å². The van der Waals surface area contributed by atoms with Gasteiger partial charge in [0.2, 0.25) is 10.0 Å². The third-order valence-electron chi connectivity index (χ3n) is 8.51. The number of hydrazone groups is 1. The lowest BCUT2D eigenvalue weighted by atomic mass is 9.69. The topological polar surface area (TPSA) is 99.2 Å². The van der Waals surface area contributed by atoms with E-state index in [9.17, 15) is 18.0 Å². The number of nitrogens with zero attached hydrogens (tertiary/aromatic N) is 3. The van der Waals surface area contributed by atoms with Crippen LogP contribution in [0.1, 0.15) is 46.5 Å². The zero-order chi connectivity index (χ0) is 23.1. The maximum Gasteiger partial charge on any atom is 0.343 e. The lowest BCUT2D eigenvalue weighted by molar-refractivity contribution is -0.138. The third-order valence-corrected chi connectivity index (χ3v) is 10.7. The van der Waals surface area contributed by atoms with Crippen LogP contribution in [0.4, 0.5) is 10.5 Å². The molecule has 2 bridgehead atoms. The Balaban J connectivity index is 1.44. The number of benzene rings is 1. The fourth-order valence-electron chi connectivity index (χ4n) is 6.47. The van der Waals surface area contributed by atoms with E-state index in [-0.39, 0.29) is 23.6 Å². The van der Waals surface area contributed by atoms with Crippen molar-refractivity contribution in [2.75, 3.05) is 11.1 Å². The van der Waals surface area contributed by atoms with Gasteiger partial charge >= 0.3 is 6.03 Å². The first-order chi connectivity index (χ1) is 14.9. The van der Waals surface area contributed by atoms with Gasteiger partial charge in [0.15, 0.2) is 0 Å². The average molecular weight is 479 g/mol. The van der Waals surface area contributed by atoms with Crippen LogP contribution in [0.2, 0.25) is 5.02 Å². The van der Waals surface area contributed by atoms with Gasteiger partial charge in [-0.2, -0.15) is 10.1 Å². The van der Waals surface area contributed by atoms with Gasteiger partial charge < -0.3 is 5.32 Å². The number of halogens is 1. The first kappa shape index (κ1) is 21.7. The van der Waals surface area contributed by atoms with Crippen molar-refractivity contribution in [3.63, 3.8) is 0 Å².